The van der Waals surface area contributed by atoms with Gasteiger partial charge in [-0.25, -0.2) is 0 Å². The van der Waals surface area contributed by atoms with Gasteiger partial charge in [0.2, 0.25) is 0 Å². The molecule has 1 aliphatic heterocycles. The molecule has 1 saturated heterocycles. The maximum atomic E-state index is 6.07. The Bertz CT molecular complexity index is 332. The van der Waals surface area contributed by atoms with E-state index < -0.39 is 0 Å². The van der Waals surface area contributed by atoms with Crippen molar-refractivity contribution in [1.82, 2.24) is 4.90 Å². The van der Waals surface area contributed by atoms with E-state index in [1.54, 1.807) is 0 Å². The molecule has 1 aromatic heterocycles. The molecule has 1 aromatic rings. The molecule has 2 N–H and O–H groups in total. The molecule has 0 amide bonds. The Balaban J connectivity index is 1.96. The van der Waals surface area contributed by atoms with Crippen LogP contribution in [0.5, 0.6) is 0 Å². The van der Waals surface area contributed by atoms with Gasteiger partial charge in [0.25, 0.3) is 0 Å². The second-order valence-corrected chi connectivity index (χ2v) is 4.73. The minimum absolute atomic E-state index is 0.536. The Labute approximate surface area is 102 Å². The van der Waals surface area contributed by atoms with Crippen molar-refractivity contribution >= 4 is 11.6 Å². The van der Waals surface area contributed by atoms with Gasteiger partial charge in [0.15, 0.2) is 5.22 Å². The average Bonchev–Trinajstić information content (AvgIpc) is 2.61. The van der Waals surface area contributed by atoms with Crippen molar-refractivity contribution in [2.24, 2.45) is 5.73 Å². The van der Waals surface area contributed by atoms with Crippen LogP contribution < -0.4 is 5.73 Å². The summed E-state index contributed by atoms with van der Waals surface area (Å²) in [5.41, 5.74) is 6.59. The summed E-state index contributed by atoms with van der Waals surface area (Å²) in [5, 5.41) is 0.536. The van der Waals surface area contributed by atoms with Crippen LogP contribution in [-0.4, -0.2) is 24.5 Å². The molecule has 0 radical (unpaired) electrons. The van der Waals surface area contributed by atoms with Crippen molar-refractivity contribution in [2.45, 2.75) is 32.2 Å². The first-order chi connectivity index (χ1) is 7.79. The largest absolute Gasteiger partial charge is 0.449 e. The zero-order valence-corrected chi connectivity index (χ0v) is 10.3. The van der Waals surface area contributed by atoms with Crippen molar-refractivity contribution < 1.29 is 4.42 Å². The van der Waals surface area contributed by atoms with E-state index in [0.29, 0.717) is 11.8 Å². The summed E-state index contributed by atoms with van der Waals surface area (Å²) in [7, 11) is 0. The van der Waals surface area contributed by atoms with Crippen molar-refractivity contribution in [3.8, 4) is 0 Å². The molecule has 1 fully saturated rings. The number of hydrogen-bond acceptors (Lipinski definition) is 3. The van der Waals surface area contributed by atoms with Crippen LogP contribution in [-0.2, 0) is 13.0 Å². The monoisotopic (exact) mass is 242 g/mol. The molecule has 4 heteroatoms. The van der Waals surface area contributed by atoms with Crippen LogP contribution in [0.3, 0.4) is 0 Å². The van der Waals surface area contributed by atoms with Crippen LogP contribution in [0.25, 0.3) is 0 Å². The fourth-order valence-corrected chi connectivity index (χ4v) is 2.41. The van der Waals surface area contributed by atoms with Gasteiger partial charge in [0.05, 0.1) is 0 Å². The van der Waals surface area contributed by atoms with Gasteiger partial charge in [0, 0.05) is 18.5 Å². The molecule has 0 atom stereocenters. The fourth-order valence-electron chi connectivity index (χ4n) is 2.19. The highest BCUT2D eigenvalue weighted by Gasteiger charge is 2.15. The summed E-state index contributed by atoms with van der Waals surface area (Å²) >= 11 is 6.07. The van der Waals surface area contributed by atoms with E-state index in [1.165, 1.54) is 32.4 Å². The lowest BCUT2D eigenvalue weighted by atomic mass is 10.1. The van der Waals surface area contributed by atoms with E-state index in [2.05, 4.69) is 4.90 Å². The summed E-state index contributed by atoms with van der Waals surface area (Å²) in [5.74, 6) is 0.902. The number of furan rings is 1. The maximum Gasteiger partial charge on any atom is 0.197 e. The minimum atomic E-state index is 0.536. The number of halogens is 1. The predicted molar refractivity (Wildman–Crippen MR) is 65.6 cm³/mol. The van der Waals surface area contributed by atoms with Crippen LogP contribution in [0.1, 0.15) is 30.6 Å². The van der Waals surface area contributed by atoms with Gasteiger partial charge >= 0.3 is 0 Å². The lowest BCUT2D eigenvalue weighted by molar-refractivity contribution is 0.220. The van der Waals surface area contributed by atoms with Gasteiger partial charge in [-0.05, 0) is 50.1 Å². The Kier molecular flexibility index (Phi) is 4.27. The molecule has 90 valence electrons. The molecule has 2 heterocycles. The van der Waals surface area contributed by atoms with Gasteiger partial charge in [-0.15, -0.1) is 0 Å². The lowest BCUT2D eigenvalue weighted by Crippen LogP contribution is -2.28. The molecule has 1 aliphatic rings. The van der Waals surface area contributed by atoms with E-state index in [9.17, 15) is 0 Å². The molecule has 3 nitrogen and oxygen atoms in total. The SMILES string of the molecule is NCCc1cc(CN2CCCCC2)c(Cl)o1. The van der Waals surface area contributed by atoms with Crippen molar-refractivity contribution in [1.29, 1.82) is 0 Å². The average molecular weight is 243 g/mol. The highest BCUT2D eigenvalue weighted by Crippen LogP contribution is 2.24. The summed E-state index contributed by atoms with van der Waals surface area (Å²) in [4.78, 5) is 2.44. The number of nitrogens with zero attached hydrogens (tertiary/aromatic N) is 1. The Morgan fingerprint density at radius 1 is 1.31 bits per heavy atom. The van der Waals surface area contributed by atoms with Gasteiger partial charge in [0.1, 0.15) is 5.76 Å². The molecule has 0 saturated carbocycles. The van der Waals surface area contributed by atoms with Gasteiger partial charge < -0.3 is 10.2 Å². The summed E-state index contributed by atoms with van der Waals surface area (Å²) in [6.07, 6.45) is 4.71. The third kappa shape index (κ3) is 3.00. The number of hydrogen-bond donors (Lipinski definition) is 1. The smallest absolute Gasteiger partial charge is 0.197 e. The Hall–Kier alpha value is -0.510. The normalized spacial score (nSPS) is 17.9. The Morgan fingerprint density at radius 3 is 2.75 bits per heavy atom. The fraction of sp³-hybridized carbons (Fsp3) is 0.667. The first-order valence-corrected chi connectivity index (χ1v) is 6.37. The van der Waals surface area contributed by atoms with Crippen LogP contribution in [0.15, 0.2) is 10.5 Å². The summed E-state index contributed by atoms with van der Waals surface area (Å²) in [6, 6.07) is 2.05. The van der Waals surface area contributed by atoms with E-state index in [-0.39, 0.29) is 0 Å². The first-order valence-electron chi connectivity index (χ1n) is 5.99. The summed E-state index contributed by atoms with van der Waals surface area (Å²) in [6.45, 7) is 3.86. The molecule has 2 rings (SSSR count). The third-order valence-corrected chi connectivity index (χ3v) is 3.36. The van der Waals surface area contributed by atoms with E-state index in [0.717, 1.165) is 24.3 Å². The second kappa shape index (κ2) is 5.71. The number of likely N-dealkylation sites (tertiary alicyclic amines) is 1. The topological polar surface area (TPSA) is 42.4 Å². The minimum Gasteiger partial charge on any atom is -0.449 e. The molecule has 0 spiro atoms. The molecule has 0 bridgehead atoms. The van der Waals surface area contributed by atoms with E-state index in [1.807, 2.05) is 6.07 Å². The second-order valence-electron chi connectivity index (χ2n) is 4.39. The van der Waals surface area contributed by atoms with Gasteiger partial charge in [-0.1, -0.05) is 6.42 Å². The van der Waals surface area contributed by atoms with E-state index >= 15 is 0 Å². The third-order valence-electron chi connectivity index (χ3n) is 3.04. The van der Waals surface area contributed by atoms with E-state index in [4.69, 9.17) is 21.8 Å². The molecule has 0 unspecified atom stereocenters. The first kappa shape index (κ1) is 12.0. The quantitative estimate of drug-likeness (QED) is 0.882. The highest BCUT2D eigenvalue weighted by molar-refractivity contribution is 6.29. The molecular weight excluding hydrogens is 224 g/mol. The highest BCUT2D eigenvalue weighted by atomic mass is 35.5. The van der Waals surface area contributed by atoms with Crippen molar-refractivity contribution in [3.63, 3.8) is 0 Å². The van der Waals surface area contributed by atoms with Crippen LogP contribution >= 0.6 is 11.6 Å². The maximum absolute atomic E-state index is 6.07. The standard InChI is InChI=1S/C12H19ClN2O/c13-12-10(8-11(16-12)4-5-14)9-15-6-2-1-3-7-15/h8H,1-7,9,14H2. The summed E-state index contributed by atoms with van der Waals surface area (Å²) < 4.78 is 5.46. The van der Waals surface area contributed by atoms with Crippen molar-refractivity contribution in [3.05, 3.63) is 22.6 Å². The molecule has 0 aromatic carbocycles. The number of rotatable bonds is 4. The zero-order valence-electron chi connectivity index (χ0n) is 9.54. The molecular formula is C12H19ClN2O. The van der Waals surface area contributed by atoms with Gasteiger partial charge in [-0.2, -0.15) is 0 Å². The van der Waals surface area contributed by atoms with Crippen LogP contribution in [0, 0.1) is 0 Å². The zero-order chi connectivity index (χ0) is 11.4. The van der Waals surface area contributed by atoms with Crippen LogP contribution in [0.2, 0.25) is 5.22 Å². The number of nitrogens with two attached hydrogens (primary N) is 1. The molecule has 0 aliphatic carbocycles. The van der Waals surface area contributed by atoms with Gasteiger partial charge in [-0.3, -0.25) is 4.90 Å². The lowest BCUT2D eigenvalue weighted by Gasteiger charge is -2.25. The van der Waals surface area contributed by atoms with Crippen LogP contribution in [0.4, 0.5) is 0 Å². The number of piperidine rings is 1. The molecule has 16 heavy (non-hydrogen) atoms. The predicted octanol–water partition coefficient (Wildman–Crippen LogP) is 2.42. The Morgan fingerprint density at radius 2 is 2.06 bits per heavy atom. The van der Waals surface area contributed by atoms with Crippen molar-refractivity contribution in [2.75, 3.05) is 19.6 Å².